The fourth-order valence-electron chi connectivity index (χ4n) is 5.19. The summed E-state index contributed by atoms with van der Waals surface area (Å²) in [7, 11) is 1.66. The monoisotopic (exact) mass is 592 g/mol. The van der Waals surface area contributed by atoms with Gasteiger partial charge in [0.05, 0.1) is 45.7 Å². The lowest BCUT2D eigenvalue weighted by atomic mass is 9.85. The maximum atomic E-state index is 11.2. The minimum atomic E-state index is -0.568. The average Bonchev–Trinajstić information content (AvgIpc) is 3.02. The lowest BCUT2D eigenvalue weighted by Gasteiger charge is -2.36. The molecule has 0 saturated carbocycles. The molecular formula is C34H44N2O7. The third-order valence-electron chi connectivity index (χ3n) is 7.34. The van der Waals surface area contributed by atoms with Gasteiger partial charge in [-0.1, -0.05) is 48.5 Å². The van der Waals surface area contributed by atoms with Crippen LogP contribution in [0.2, 0.25) is 0 Å². The summed E-state index contributed by atoms with van der Waals surface area (Å²) in [4.78, 5) is 11.2. The summed E-state index contributed by atoms with van der Waals surface area (Å²) in [6.45, 7) is 5.62. The largest absolute Gasteiger partial charge is 0.496 e. The van der Waals surface area contributed by atoms with Crippen molar-refractivity contribution in [3.05, 3.63) is 89.5 Å². The van der Waals surface area contributed by atoms with Gasteiger partial charge in [-0.15, -0.1) is 0 Å². The van der Waals surface area contributed by atoms with Crippen LogP contribution in [0.25, 0.3) is 0 Å². The lowest BCUT2D eigenvalue weighted by Crippen LogP contribution is -2.49. The maximum absolute atomic E-state index is 11.2. The summed E-state index contributed by atoms with van der Waals surface area (Å²) in [6.07, 6.45) is 0.687. The standard InChI is InChI=1S/C34H44N2O7/c1-25(37)36-17-16-26-8-3-6-11-32(26)42-20-21-43-33-23-35-22-30(38)34(33)27-12-14-29(15-13-27)41-19-7-18-40-24-28-9-4-5-10-31(28)39-2/h3-6,8-15,30,33-35,38H,7,16-24H2,1-2H3,(H,36,37)/t30-,33+,34+/m1/s1. The van der Waals surface area contributed by atoms with E-state index in [1.165, 1.54) is 6.92 Å². The first kappa shape index (κ1) is 32.3. The molecule has 43 heavy (non-hydrogen) atoms. The van der Waals surface area contributed by atoms with Crippen molar-refractivity contribution in [1.29, 1.82) is 0 Å². The first-order chi connectivity index (χ1) is 21.0. The van der Waals surface area contributed by atoms with Gasteiger partial charge >= 0.3 is 0 Å². The van der Waals surface area contributed by atoms with Crippen molar-refractivity contribution >= 4 is 5.91 Å². The number of rotatable bonds is 17. The van der Waals surface area contributed by atoms with Crippen LogP contribution in [0.4, 0.5) is 0 Å². The number of β-amino-alcohol motifs (C(OH)–C–C–N with tert-alkyl or cyclic N) is 1. The molecule has 3 aromatic rings. The number of aliphatic hydroxyl groups excluding tert-OH is 1. The van der Waals surface area contributed by atoms with E-state index in [-0.39, 0.29) is 17.9 Å². The molecule has 1 fully saturated rings. The van der Waals surface area contributed by atoms with Crippen LogP contribution in [0.1, 0.15) is 36.0 Å². The van der Waals surface area contributed by atoms with E-state index in [0.29, 0.717) is 59.1 Å². The van der Waals surface area contributed by atoms with Crippen LogP contribution in [0.15, 0.2) is 72.8 Å². The quantitative estimate of drug-likeness (QED) is 0.203. The predicted octanol–water partition coefficient (Wildman–Crippen LogP) is 3.87. The van der Waals surface area contributed by atoms with Gasteiger partial charge in [0.15, 0.2) is 0 Å². The number of carbonyl (C=O) groups excluding carboxylic acids is 1. The molecule has 3 aromatic carbocycles. The fraction of sp³-hybridized carbons (Fsp3) is 0.441. The minimum absolute atomic E-state index is 0.0472. The van der Waals surface area contributed by atoms with Crippen molar-refractivity contribution in [2.75, 3.05) is 53.2 Å². The number of amides is 1. The van der Waals surface area contributed by atoms with Crippen LogP contribution >= 0.6 is 0 Å². The van der Waals surface area contributed by atoms with Crippen molar-refractivity contribution in [3.63, 3.8) is 0 Å². The van der Waals surface area contributed by atoms with E-state index >= 15 is 0 Å². The van der Waals surface area contributed by atoms with Crippen LogP contribution in [0.3, 0.4) is 0 Å². The maximum Gasteiger partial charge on any atom is 0.216 e. The smallest absolute Gasteiger partial charge is 0.216 e. The van der Waals surface area contributed by atoms with Crippen LogP contribution in [-0.2, 0) is 27.3 Å². The number of methoxy groups -OCH3 is 1. The van der Waals surface area contributed by atoms with Crippen LogP contribution in [-0.4, -0.2) is 76.4 Å². The number of benzene rings is 3. The number of hydrogen-bond donors (Lipinski definition) is 3. The van der Waals surface area contributed by atoms with E-state index in [9.17, 15) is 9.90 Å². The molecule has 3 N–H and O–H groups in total. The highest BCUT2D eigenvalue weighted by molar-refractivity contribution is 5.72. The number of carbonyl (C=O) groups is 1. The van der Waals surface area contributed by atoms with E-state index in [1.54, 1.807) is 7.11 Å². The molecule has 1 saturated heterocycles. The molecule has 0 bridgehead atoms. The summed E-state index contributed by atoms with van der Waals surface area (Å²) in [5.41, 5.74) is 3.07. The molecule has 0 unspecified atom stereocenters. The van der Waals surface area contributed by atoms with E-state index < -0.39 is 6.10 Å². The Labute approximate surface area is 254 Å². The Hall–Kier alpha value is -3.63. The Bertz CT molecular complexity index is 1250. The van der Waals surface area contributed by atoms with Crippen LogP contribution < -0.4 is 24.8 Å². The molecule has 4 rings (SSSR count). The molecule has 3 atom stereocenters. The minimum Gasteiger partial charge on any atom is -0.496 e. The highest BCUT2D eigenvalue weighted by Gasteiger charge is 2.34. The Morgan fingerprint density at radius 3 is 2.40 bits per heavy atom. The van der Waals surface area contributed by atoms with E-state index in [4.69, 9.17) is 23.7 Å². The zero-order valence-corrected chi connectivity index (χ0v) is 25.1. The Morgan fingerprint density at radius 2 is 1.63 bits per heavy atom. The summed E-state index contributed by atoms with van der Waals surface area (Å²) < 4.78 is 29.3. The zero-order valence-electron chi connectivity index (χ0n) is 25.1. The number of hydrogen-bond acceptors (Lipinski definition) is 8. The number of aliphatic hydroxyl groups is 1. The second-order valence-corrected chi connectivity index (χ2v) is 10.5. The number of ether oxygens (including phenoxy) is 5. The SMILES string of the molecule is COc1ccccc1COCCCOc1ccc([C@H]2[C@H](O)CNC[C@@H]2OCCOc2ccccc2CCNC(C)=O)cc1. The van der Waals surface area contributed by atoms with Crippen molar-refractivity contribution in [3.8, 4) is 17.2 Å². The van der Waals surface area contributed by atoms with Gasteiger partial charge in [-0.3, -0.25) is 4.79 Å². The second-order valence-electron chi connectivity index (χ2n) is 10.5. The van der Waals surface area contributed by atoms with Gasteiger partial charge in [0.25, 0.3) is 0 Å². The van der Waals surface area contributed by atoms with Gasteiger partial charge in [0.2, 0.25) is 5.91 Å². The van der Waals surface area contributed by atoms with Gasteiger partial charge in [0, 0.05) is 44.5 Å². The van der Waals surface area contributed by atoms with Crippen molar-refractivity contribution < 1.29 is 33.6 Å². The topological polar surface area (TPSA) is 108 Å². The predicted molar refractivity (Wildman–Crippen MR) is 165 cm³/mol. The molecule has 0 aliphatic carbocycles. The van der Waals surface area contributed by atoms with Gasteiger partial charge in [-0.05, 0) is 41.8 Å². The third-order valence-corrected chi connectivity index (χ3v) is 7.34. The van der Waals surface area contributed by atoms with Gasteiger partial charge in [-0.25, -0.2) is 0 Å². The zero-order chi connectivity index (χ0) is 30.3. The lowest BCUT2D eigenvalue weighted by molar-refractivity contribution is -0.118. The van der Waals surface area contributed by atoms with Gasteiger partial charge in [0.1, 0.15) is 23.9 Å². The summed E-state index contributed by atoms with van der Waals surface area (Å²) in [5, 5.41) is 16.9. The fourth-order valence-corrected chi connectivity index (χ4v) is 5.19. The summed E-state index contributed by atoms with van der Waals surface area (Å²) in [6, 6.07) is 23.6. The Balaban J connectivity index is 1.20. The van der Waals surface area contributed by atoms with Crippen molar-refractivity contribution in [1.82, 2.24) is 10.6 Å². The molecule has 9 nitrogen and oxygen atoms in total. The molecule has 0 spiro atoms. The van der Waals surface area contributed by atoms with E-state index in [0.717, 1.165) is 40.4 Å². The number of para-hydroxylation sites is 2. The van der Waals surface area contributed by atoms with Gasteiger partial charge < -0.3 is 39.4 Å². The molecule has 0 aromatic heterocycles. The first-order valence-electron chi connectivity index (χ1n) is 14.9. The average molecular weight is 593 g/mol. The molecule has 9 heteroatoms. The van der Waals surface area contributed by atoms with Crippen molar-refractivity contribution in [2.24, 2.45) is 0 Å². The molecule has 1 heterocycles. The van der Waals surface area contributed by atoms with Crippen LogP contribution in [0.5, 0.6) is 17.2 Å². The number of piperidine rings is 1. The van der Waals surface area contributed by atoms with E-state index in [2.05, 4.69) is 10.6 Å². The molecule has 1 aliphatic heterocycles. The molecular weight excluding hydrogens is 548 g/mol. The molecule has 1 aliphatic rings. The second kappa shape index (κ2) is 17.5. The highest BCUT2D eigenvalue weighted by Crippen LogP contribution is 2.30. The van der Waals surface area contributed by atoms with E-state index in [1.807, 2.05) is 72.8 Å². The normalized spacial score (nSPS) is 18.2. The molecule has 0 radical (unpaired) electrons. The summed E-state index contributed by atoms with van der Waals surface area (Å²) in [5.74, 6) is 2.18. The number of nitrogens with one attached hydrogen (secondary N) is 2. The summed E-state index contributed by atoms with van der Waals surface area (Å²) >= 11 is 0. The Kier molecular flexibility index (Phi) is 13.1. The molecule has 232 valence electrons. The highest BCUT2D eigenvalue weighted by atomic mass is 16.5. The Morgan fingerprint density at radius 1 is 0.884 bits per heavy atom. The molecule has 1 amide bonds. The van der Waals surface area contributed by atoms with Crippen molar-refractivity contribution in [2.45, 2.75) is 44.5 Å². The third kappa shape index (κ3) is 10.2. The van der Waals surface area contributed by atoms with Crippen LogP contribution in [0, 0.1) is 0 Å². The first-order valence-corrected chi connectivity index (χ1v) is 14.9. The van der Waals surface area contributed by atoms with Gasteiger partial charge in [-0.2, -0.15) is 0 Å².